The van der Waals surface area contributed by atoms with Crippen LogP contribution in [-0.4, -0.2) is 35.7 Å². The van der Waals surface area contributed by atoms with Crippen molar-refractivity contribution in [2.45, 2.75) is 32.1 Å². The molecule has 2 N–H and O–H groups in total. The molecular formula is C14H20N2O4. The van der Waals surface area contributed by atoms with Gasteiger partial charge in [-0.2, -0.15) is 0 Å². The third kappa shape index (κ3) is 6.17. The van der Waals surface area contributed by atoms with E-state index in [0.29, 0.717) is 17.8 Å². The molecular weight excluding hydrogens is 260 g/mol. The van der Waals surface area contributed by atoms with Gasteiger partial charge in [-0.05, 0) is 25.0 Å². The number of carboxylic acids is 1. The van der Waals surface area contributed by atoms with E-state index in [1.165, 1.54) is 7.11 Å². The van der Waals surface area contributed by atoms with Gasteiger partial charge in [-0.25, -0.2) is 9.78 Å². The third-order valence-electron chi connectivity index (χ3n) is 2.80. The van der Waals surface area contributed by atoms with Crippen molar-refractivity contribution < 1.29 is 19.4 Å². The van der Waals surface area contributed by atoms with Crippen molar-refractivity contribution in [1.29, 1.82) is 0 Å². The first kappa shape index (κ1) is 15.9. The van der Waals surface area contributed by atoms with E-state index in [-0.39, 0.29) is 12.4 Å². The maximum atomic E-state index is 11.3. The summed E-state index contributed by atoms with van der Waals surface area (Å²) >= 11 is 0. The Morgan fingerprint density at radius 2 is 2.05 bits per heavy atom. The van der Waals surface area contributed by atoms with Crippen molar-refractivity contribution in [3.63, 3.8) is 0 Å². The van der Waals surface area contributed by atoms with Gasteiger partial charge in [0.15, 0.2) is 0 Å². The normalized spacial score (nSPS) is 10.1. The zero-order valence-electron chi connectivity index (χ0n) is 11.6. The van der Waals surface area contributed by atoms with Gasteiger partial charge in [0.25, 0.3) is 0 Å². The van der Waals surface area contributed by atoms with Gasteiger partial charge in [0, 0.05) is 19.2 Å². The van der Waals surface area contributed by atoms with Crippen LogP contribution in [0.1, 0.15) is 42.5 Å². The molecule has 6 heteroatoms. The standard InChI is InChI=1S/C14H20N2O4/c1-20-14(19)11-7-9-16-12(10-11)15-8-5-3-2-4-6-13(17)18/h7,9-10H,2-6,8H2,1H3,(H,15,16)(H,17,18). The fraction of sp³-hybridized carbons (Fsp3) is 0.500. The molecule has 0 amide bonds. The molecule has 1 heterocycles. The van der Waals surface area contributed by atoms with Gasteiger partial charge in [0.1, 0.15) is 5.82 Å². The fourth-order valence-corrected chi connectivity index (χ4v) is 1.74. The van der Waals surface area contributed by atoms with Crippen molar-refractivity contribution >= 4 is 17.8 Å². The number of hydrogen-bond donors (Lipinski definition) is 2. The average Bonchev–Trinajstić information content (AvgIpc) is 2.45. The number of hydrogen-bond acceptors (Lipinski definition) is 5. The van der Waals surface area contributed by atoms with Gasteiger partial charge in [-0.15, -0.1) is 0 Å². The van der Waals surface area contributed by atoms with E-state index < -0.39 is 5.97 Å². The highest BCUT2D eigenvalue weighted by Crippen LogP contribution is 2.09. The Labute approximate surface area is 118 Å². The predicted octanol–water partition coefficient (Wildman–Crippen LogP) is 2.32. The van der Waals surface area contributed by atoms with Gasteiger partial charge in [-0.1, -0.05) is 12.8 Å². The second-order valence-electron chi connectivity index (χ2n) is 4.41. The van der Waals surface area contributed by atoms with E-state index in [9.17, 15) is 9.59 Å². The van der Waals surface area contributed by atoms with Crippen LogP contribution in [0.15, 0.2) is 18.3 Å². The molecule has 0 unspecified atom stereocenters. The Morgan fingerprint density at radius 1 is 1.30 bits per heavy atom. The largest absolute Gasteiger partial charge is 0.481 e. The second kappa shape index (κ2) is 8.90. The number of unbranched alkanes of at least 4 members (excludes halogenated alkanes) is 3. The molecule has 0 aliphatic heterocycles. The van der Waals surface area contributed by atoms with E-state index in [1.807, 2.05) is 0 Å². The number of carbonyl (C=O) groups excluding carboxylic acids is 1. The molecule has 1 aromatic rings. The monoisotopic (exact) mass is 280 g/mol. The second-order valence-corrected chi connectivity index (χ2v) is 4.41. The van der Waals surface area contributed by atoms with Gasteiger partial charge < -0.3 is 15.2 Å². The topological polar surface area (TPSA) is 88.5 Å². The first-order valence-electron chi connectivity index (χ1n) is 6.63. The molecule has 0 aliphatic rings. The van der Waals surface area contributed by atoms with E-state index in [2.05, 4.69) is 15.0 Å². The number of aromatic nitrogens is 1. The van der Waals surface area contributed by atoms with E-state index >= 15 is 0 Å². The molecule has 0 saturated heterocycles. The van der Waals surface area contributed by atoms with E-state index in [0.717, 1.165) is 25.8 Å². The van der Waals surface area contributed by atoms with Crippen LogP contribution in [-0.2, 0) is 9.53 Å². The van der Waals surface area contributed by atoms with Crippen molar-refractivity contribution in [3.05, 3.63) is 23.9 Å². The van der Waals surface area contributed by atoms with E-state index in [1.54, 1.807) is 18.3 Å². The van der Waals surface area contributed by atoms with Crippen LogP contribution in [0.2, 0.25) is 0 Å². The number of rotatable bonds is 9. The summed E-state index contributed by atoms with van der Waals surface area (Å²) in [6.07, 6.45) is 5.31. The van der Waals surface area contributed by atoms with Crippen molar-refractivity contribution in [3.8, 4) is 0 Å². The molecule has 0 aliphatic carbocycles. The number of carbonyl (C=O) groups is 2. The molecule has 0 saturated carbocycles. The molecule has 110 valence electrons. The molecule has 6 nitrogen and oxygen atoms in total. The molecule has 0 fully saturated rings. The van der Waals surface area contributed by atoms with E-state index in [4.69, 9.17) is 5.11 Å². The number of anilines is 1. The van der Waals surface area contributed by atoms with Crippen molar-refractivity contribution in [1.82, 2.24) is 4.98 Å². The lowest BCUT2D eigenvalue weighted by Crippen LogP contribution is -2.06. The first-order valence-corrected chi connectivity index (χ1v) is 6.63. The van der Waals surface area contributed by atoms with Crippen LogP contribution in [0.25, 0.3) is 0 Å². The smallest absolute Gasteiger partial charge is 0.338 e. The third-order valence-corrected chi connectivity index (χ3v) is 2.80. The Kier molecular flexibility index (Phi) is 7.10. The lowest BCUT2D eigenvalue weighted by molar-refractivity contribution is -0.137. The van der Waals surface area contributed by atoms with Crippen molar-refractivity contribution in [2.75, 3.05) is 19.0 Å². The zero-order chi connectivity index (χ0) is 14.8. The Bertz CT molecular complexity index is 449. The van der Waals surface area contributed by atoms with Gasteiger partial charge in [0.2, 0.25) is 0 Å². The number of pyridine rings is 1. The molecule has 1 aromatic heterocycles. The number of nitrogens with zero attached hydrogens (tertiary/aromatic N) is 1. The lowest BCUT2D eigenvalue weighted by Gasteiger charge is -2.06. The minimum Gasteiger partial charge on any atom is -0.481 e. The summed E-state index contributed by atoms with van der Waals surface area (Å²) in [6.45, 7) is 0.741. The molecule has 0 atom stereocenters. The Balaban J connectivity index is 2.22. The molecule has 1 rings (SSSR count). The highest BCUT2D eigenvalue weighted by atomic mass is 16.5. The number of ether oxygens (including phenoxy) is 1. The maximum Gasteiger partial charge on any atom is 0.338 e. The highest BCUT2D eigenvalue weighted by molar-refractivity contribution is 5.89. The molecule has 20 heavy (non-hydrogen) atoms. The summed E-state index contributed by atoms with van der Waals surface area (Å²) in [5.41, 5.74) is 0.464. The maximum absolute atomic E-state index is 11.3. The van der Waals surface area contributed by atoms with Gasteiger partial charge >= 0.3 is 11.9 Å². The molecule has 0 radical (unpaired) electrons. The first-order chi connectivity index (χ1) is 9.63. The zero-order valence-corrected chi connectivity index (χ0v) is 11.6. The number of aliphatic carboxylic acids is 1. The minimum absolute atomic E-state index is 0.232. The number of esters is 1. The Hall–Kier alpha value is -2.11. The summed E-state index contributed by atoms with van der Waals surface area (Å²) in [4.78, 5) is 25.8. The van der Waals surface area contributed by atoms with Crippen LogP contribution in [0.3, 0.4) is 0 Å². The van der Waals surface area contributed by atoms with Crippen LogP contribution in [0.5, 0.6) is 0 Å². The summed E-state index contributed by atoms with van der Waals surface area (Å²) in [5.74, 6) is -0.491. The Morgan fingerprint density at radius 3 is 2.75 bits per heavy atom. The predicted molar refractivity (Wildman–Crippen MR) is 74.8 cm³/mol. The molecule has 0 spiro atoms. The number of methoxy groups -OCH3 is 1. The lowest BCUT2D eigenvalue weighted by atomic mass is 10.1. The van der Waals surface area contributed by atoms with Crippen LogP contribution < -0.4 is 5.32 Å². The summed E-state index contributed by atoms with van der Waals surface area (Å²) < 4.78 is 4.64. The average molecular weight is 280 g/mol. The quantitative estimate of drug-likeness (QED) is 0.533. The van der Waals surface area contributed by atoms with Gasteiger partial charge in [0.05, 0.1) is 12.7 Å². The summed E-state index contributed by atoms with van der Waals surface area (Å²) in [6, 6.07) is 3.25. The molecule has 0 aromatic carbocycles. The minimum atomic E-state index is -0.744. The molecule has 0 bridgehead atoms. The van der Waals surface area contributed by atoms with Crippen LogP contribution in [0, 0.1) is 0 Å². The van der Waals surface area contributed by atoms with Crippen LogP contribution >= 0.6 is 0 Å². The fourth-order valence-electron chi connectivity index (χ4n) is 1.74. The summed E-state index contributed by atoms with van der Waals surface area (Å²) in [5, 5.41) is 11.6. The highest BCUT2D eigenvalue weighted by Gasteiger charge is 2.05. The number of carboxylic acid groups (broad SMARTS) is 1. The van der Waals surface area contributed by atoms with Gasteiger partial charge in [-0.3, -0.25) is 4.79 Å². The summed E-state index contributed by atoms with van der Waals surface area (Å²) in [7, 11) is 1.34. The number of nitrogens with one attached hydrogen (secondary N) is 1. The van der Waals surface area contributed by atoms with Crippen LogP contribution in [0.4, 0.5) is 5.82 Å². The van der Waals surface area contributed by atoms with Crippen molar-refractivity contribution in [2.24, 2.45) is 0 Å². The SMILES string of the molecule is COC(=O)c1ccnc(NCCCCCCC(=O)O)c1.